The molecule has 0 aliphatic heterocycles. The molecule has 2 rings (SSSR count). The van der Waals surface area contributed by atoms with E-state index < -0.39 is 0 Å². The highest BCUT2D eigenvalue weighted by Crippen LogP contribution is 2.26. The van der Waals surface area contributed by atoms with E-state index in [2.05, 4.69) is 66.4 Å². The van der Waals surface area contributed by atoms with Gasteiger partial charge in [0.2, 0.25) is 0 Å². The van der Waals surface area contributed by atoms with Crippen LogP contribution in [0.5, 0.6) is 0 Å². The first-order valence-electron chi connectivity index (χ1n) is 6.94. The van der Waals surface area contributed by atoms with E-state index in [9.17, 15) is 0 Å². The average molecular weight is 273 g/mol. The Morgan fingerprint density at radius 1 is 1.35 bits per heavy atom. The Morgan fingerprint density at radius 2 is 2.15 bits per heavy atom. The maximum absolute atomic E-state index is 4.12. The van der Waals surface area contributed by atoms with Crippen LogP contribution in [0.25, 0.3) is 0 Å². The summed E-state index contributed by atoms with van der Waals surface area (Å²) >= 11 is 0. The molecule has 1 aromatic heterocycles. The predicted molar refractivity (Wildman–Crippen MR) is 83.2 cm³/mol. The van der Waals surface area contributed by atoms with Crippen LogP contribution in [-0.4, -0.2) is 34.9 Å². The lowest BCUT2D eigenvalue weighted by Gasteiger charge is -2.21. The number of nitrogens with one attached hydrogen (secondary N) is 1. The van der Waals surface area contributed by atoms with Crippen LogP contribution >= 0.6 is 0 Å². The minimum absolute atomic E-state index is 0.385. The van der Waals surface area contributed by atoms with E-state index in [1.807, 2.05) is 4.68 Å². The summed E-state index contributed by atoms with van der Waals surface area (Å²) in [5, 5.41) is 7.70. The van der Waals surface area contributed by atoms with Crippen molar-refractivity contribution in [3.63, 3.8) is 0 Å². The van der Waals surface area contributed by atoms with E-state index in [-0.39, 0.29) is 0 Å². The molecule has 5 heteroatoms. The van der Waals surface area contributed by atoms with E-state index in [0.717, 1.165) is 13.0 Å². The number of aryl methyl sites for hydroxylation is 1. The highest BCUT2D eigenvalue weighted by molar-refractivity contribution is 5.65. The van der Waals surface area contributed by atoms with Crippen molar-refractivity contribution in [1.29, 1.82) is 0 Å². The Balaban J connectivity index is 1.97. The second-order valence-electron chi connectivity index (χ2n) is 5.34. The summed E-state index contributed by atoms with van der Waals surface area (Å²) < 4.78 is 1.86. The van der Waals surface area contributed by atoms with Crippen LogP contribution in [0.4, 0.5) is 11.4 Å². The number of aromatic nitrogens is 3. The highest BCUT2D eigenvalue weighted by atomic mass is 15.3. The van der Waals surface area contributed by atoms with Gasteiger partial charge in [0, 0.05) is 38.1 Å². The van der Waals surface area contributed by atoms with E-state index >= 15 is 0 Å². The van der Waals surface area contributed by atoms with Gasteiger partial charge in [0.15, 0.2) is 0 Å². The third kappa shape index (κ3) is 3.50. The predicted octanol–water partition coefficient (Wildman–Crippen LogP) is 2.54. The molecule has 2 aromatic rings. The second-order valence-corrected chi connectivity index (χ2v) is 5.34. The van der Waals surface area contributed by atoms with Crippen molar-refractivity contribution >= 4 is 11.4 Å². The van der Waals surface area contributed by atoms with Crippen LogP contribution in [0.15, 0.2) is 30.9 Å². The Labute approximate surface area is 120 Å². The molecular weight excluding hydrogens is 250 g/mol. The van der Waals surface area contributed by atoms with Crippen molar-refractivity contribution < 1.29 is 0 Å². The van der Waals surface area contributed by atoms with Gasteiger partial charge in [-0.1, -0.05) is 6.07 Å². The third-order valence-corrected chi connectivity index (χ3v) is 3.45. The van der Waals surface area contributed by atoms with Crippen molar-refractivity contribution in [2.75, 3.05) is 24.3 Å². The first-order valence-corrected chi connectivity index (χ1v) is 6.94. The smallest absolute Gasteiger partial charge is 0.137 e. The summed E-state index contributed by atoms with van der Waals surface area (Å²) in [4.78, 5) is 6.09. The Hall–Kier alpha value is -2.04. The fraction of sp³-hybridized carbons (Fsp3) is 0.467. The molecule has 0 saturated carbocycles. The van der Waals surface area contributed by atoms with Gasteiger partial charge in [0.05, 0.1) is 0 Å². The van der Waals surface area contributed by atoms with Crippen LogP contribution in [-0.2, 0) is 6.54 Å². The zero-order valence-electron chi connectivity index (χ0n) is 12.7. The average Bonchev–Trinajstić information content (AvgIpc) is 2.91. The van der Waals surface area contributed by atoms with Gasteiger partial charge in [0.1, 0.15) is 12.7 Å². The quantitative estimate of drug-likeness (QED) is 0.878. The standard InChI is InChI=1S/C15H23N5/c1-12(8-9-20-11-16-10-17-20)18-14-6-5-7-15(13(14)2)19(3)4/h5-7,10-12,18H,8-9H2,1-4H3. The van der Waals surface area contributed by atoms with Gasteiger partial charge < -0.3 is 10.2 Å². The molecule has 1 N–H and O–H groups in total. The zero-order valence-corrected chi connectivity index (χ0v) is 12.7. The number of anilines is 2. The molecule has 0 fully saturated rings. The zero-order chi connectivity index (χ0) is 14.5. The van der Waals surface area contributed by atoms with Crippen LogP contribution in [0, 0.1) is 6.92 Å². The molecule has 0 radical (unpaired) electrons. The number of nitrogens with zero attached hydrogens (tertiary/aromatic N) is 4. The van der Waals surface area contributed by atoms with Crippen molar-refractivity contribution in [3.8, 4) is 0 Å². The molecule has 1 unspecified atom stereocenters. The highest BCUT2D eigenvalue weighted by Gasteiger charge is 2.08. The topological polar surface area (TPSA) is 46.0 Å². The maximum atomic E-state index is 4.12. The van der Waals surface area contributed by atoms with Gasteiger partial charge in [-0.05, 0) is 38.0 Å². The summed E-state index contributed by atoms with van der Waals surface area (Å²) in [6.07, 6.45) is 4.34. The lowest BCUT2D eigenvalue weighted by molar-refractivity contribution is 0.544. The fourth-order valence-electron chi connectivity index (χ4n) is 2.28. The van der Waals surface area contributed by atoms with E-state index in [1.54, 1.807) is 12.7 Å². The van der Waals surface area contributed by atoms with Crippen LogP contribution in [0.1, 0.15) is 18.9 Å². The van der Waals surface area contributed by atoms with Gasteiger partial charge in [-0.3, -0.25) is 4.68 Å². The molecule has 20 heavy (non-hydrogen) atoms. The normalized spacial score (nSPS) is 12.2. The molecule has 0 saturated heterocycles. The van der Waals surface area contributed by atoms with Crippen molar-refractivity contribution in [1.82, 2.24) is 14.8 Å². The molecular formula is C15H23N5. The lowest BCUT2D eigenvalue weighted by Crippen LogP contribution is -2.19. The largest absolute Gasteiger partial charge is 0.382 e. The van der Waals surface area contributed by atoms with Crippen molar-refractivity contribution in [2.45, 2.75) is 32.9 Å². The van der Waals surface area contributed by atoms with Crippen LogP contribution in [0.3, 0.4) is 0 Å². The molecule has 0 aliphatic rings. The third-order valence-electron chi connectivity index (χ3n) is 3.45. The van der Waals surface area contributed by atoms with Crippen LogP contribution < -0.4 is 10.2 Å². The van der Waals surface area contributed by atoms with Crippen molar-refractivity contribution in [3.05, 3.63) is 36.4 Å². The SMILES string of the molecule is Cc1c(NC(C)CCn2cncn2)cccc1N(C)C. The van der Waals surface area contributed by atoms with E-state index in [1.165, 1.54) is 16.9 Å². The maximum Gasteiger partial charge on any atom is 0.137 e. The molecule has 5 nitrogen and oxygen atoms in total. The van der Waals surface area contributed by atoms with Gasteiger partial charge in [0.25, 0.3) is 0 Å². The Morgan fingerprint density at radius 3 is 2.80 bits per heavy atom. The molecule has 1 aromatic carbocycles. The number of hydrogen-bond acceptors (Lipinski definition) is 4. The molecule has 1 atom stereocenters. The molecule has 0 amide bonds. The Bertz CT molecular complexity index is 533. The molecule has 0 bridgehead atoms. The molecule has 108 valence electrons. The lowest BCUT2D eigenvalue weighted by atomic mass is 10.1. The first kappa shape index (κ1) is 14.4. The molecule has 0 spiro atoms. The minimum Gasteiger partial charge on any atom is -0.382 e. The Kier molecular flexibility index (Phi) is 4.61. The summed E-state index contributed by atoms with van der Waals surface area (Å²) in [6.45, 7) is 5.22. The monoisotopic (exact) mass is 273 g/mol. The van der Waals surface area contributed by atoms with E-state index in [4.69, 9.17) is 0 Å². The summed E-state index contributed by atoms with van der Waals surface area (Å²) in [5.74, 6) is 0. The van der Waals surface area contributed by atoms with Gasteiger partial charge in [-0.25, -0.2) is 4.98 Å². The fourth-order valence-corrected chi connectivity index (χ4v) is 2.28. The summed E-state index contributed by atoms with van der Waals surface area (Å²) in [7, 11) is 4.14. The van der Waals surface area contributed by atoms with E-state index in [0.29, 0.717) is 6.04 Å². The minimum atomic E-state index is 0.385. The van der Waals surface area contributed by atoms with Gasteiger partial charge in [-0.15, -0.1) is 0 Å². The number of rotatable bonds is 6. The molecule has 0 aliphatic carbocycles. The summed E-state index contributed by atoms with van der Waals surface area (Å²) in [5.41, 5.74) is 3.73. The van der Waals surface area contributed by atoms with Crippen molar-refractivity contribution in [2.24, 2.45) is 0 Å². The molecule has 1 heterocycles. The van der Waals surface area contributed by atoms with Gasteiger partial charge >= 0.3 is 0 Å². The second kappa shape index (κ2) is 6.41. The van der Waals surface area contributed by atoms with Crippen LogP contribution in [0.2, 0.25) is 0 Å². The number of benzene rings is 1. The number of hydrogen-bond donors (Lipinski definition) is 1. The van der Waals surface area contributed by atoms with Gasteiger partial charge in [-0.2, -0.15) is 5.10 Å². The summed E-state index contributed by atoms with van der Waals surface area (Å²) in [6, 6.07) is 6.75. The first-order chi connectivity index (χ1) is 9.58.